The first-order chi connectivity index (χ1) is 7.25. The number of ether oxygens (including phenoxy) is 1. The topological polar surface area (TPSA) is 64.3 Å². The van der Waals surface area contributed by atoms with Crippen LogP contribution in [0, 0.1) is 5.92 Å². The van der Waals surface area contributed by atoms with E-state index in [1.165, 1.54) is 0 Å². The Kier molecular flexibility index (Phi) is 2.87. The van der Waals surface area contributed by atoms with Crippen LogP contribution >= 0.6 is 0 Å². The van der Waals surface area contributed by atoms with Gasteiger partial charge in [-0.05, 0) is 24.6 Å². The summed E-state index contributed by atoms with van der Waals surface area (Å²) in [7, 11) is 0. The maximum atomic E-state index is 11.7. The van der Waals surface area contributed by atoms with Crippen molar-refractivity contribution in [3.05, 3.63) is 24.3 Å². The lowest BCUT2D eigenvalue weighted by atomic mass is 10.1. The Morgan fingerprint density at radius 2 is 2.40 bits per heavy atom. The maximum absolute atomic E-state index is 11.7. The average molecular weight is 206 g/mol. The van der Waals surface area contributed by atoms with E-state index in [9.17, 15) is 4.79 Å². The van der Waals surface area contributed by atoms with Gasteiger partial charge in [0.1, 0.15) is 0 Å². The summed E-state index contributed by atoms with van der Waals surface area (Å²) in [6, 6.07) is 7.17. The molecule has 1 aliphatic heterocycles. The smallest absolute Gasteiger partial charge is 0.229 e. The van der Waals surface area contributed by atoms with Gasteiger partial charge >= 0.3 is 0 Å². The van der Waals surface area contributed by atoms with Crippen molar-refractivity contribution in [1.82, 2.24) is 0 Å². The van der Waals surface area contributed by atoms with Gasteiger partial charge < -0.3 is 15.8 Å². The molecule has 80 valence electrons. The van der Waals surface area contributed by atoms with Crippen molar-refractivity contribution in [2.24, 2.45) is 5.92 Å². The molecular weight excluding hydrogens is 192 g/mol. The van der Waals surface area contributed by atoms with Crippen LogP contribution in [0.2, 0.25) is 0 Å². The van der Waals surface area contributed by atoms with Gasteiger partial charge in [0.15, 0.2) is 0 Å². The van der Waals surface area contributed by atoms with Crippen LogP contribution in [-0.2, 0) is 9.53 Å². The van der Waals surface area contributed by atoms with Gasteiger partial charge in [-0.25, -0.2) is 0 Å². The molecule has 4 heteroatoms. The molecule has 0 spiro atoms. The number of nitrogens with one attached hydrogen (secondary N) is 1. The van der Waals surface area contributed by atoms with Crippen LogP contribution in [0.15, 0.2) is 24.3 Å². The number of hydrogen-bond donors (Lipinski definition) is 2. The van der Waals surface area contributed by atoms with Crippen molar-refractivity contribution in [2.75, 3.05) is 24.3 Å². The summed E-state index contributed by atoms with van der Waals surface area (Å²) in [5.74, 6) is -0.00969. The molecule has 0 aliphatic carbocycles. The Bertz CT molecular complexity index is 359. The molecule has 1 unspecified atom stereocenters. The highest BCUT2D eigenvalue weighted by Gasteiger charge is 2.23. The molecule has 0 bridgehead atoms. The van der Waals surface area contributed by atoms with Gasteiger partial charge in [0, 0.05) is 18.0 Å². The fourth-order valence-electron chi connectivity index (χ4n) is 1.60. The molecule has 2 rings (SSSR count). The minimum absolute atomic E-state index is 0.0121. The second-order valence-corrected chi connectivity index (χ2v) is 3.68. The molecule has 3 N–H and O–H groups in total. The van der Waals surface area contributed by atoms with Gasteiger partial charge in [-0.15, -0.1) is 0 Å². The summed E-state index contributed by atoms with van der Waals surface area (Å²) in [5.41, 5.74) is 7.00. The fourth-order valence-corrected chi connectivity index (χ4v) is 1.60. The molecular formula is C11H14N2O2. The summed E-state index contributed by atoms with van der Waals surface area (Å²) < 4.78 is 5.15. The first kappa shape index (κ1) is 9.98. The van der Waals surface area contributed by atoms with Crippen molar-refractivity contribution in [2.45, 2.75) is 6.42 Å². The van der Waals surface area contributed by atoms with E-state index in [0.29, 0.717) is 18.9 Å². The predicted molar refractivity (Wildman–Crippen MR) is 58.4 cm³/mol. The second-order valence-electron chi connectivity index (χ2n) is 3.68. The number of carbonyl (C=O) groups excluding carboxylic acids is 1. The monoisotopic (exact) mass is 206 g/mol. The Morgan fingerprint density at radius 1 is 1.53 bits per heavy atom. The van der Waals surface area contributed by atoms with Crippen LogP contribution < -0.4 is 11.1 Å². The minimum Gasteiger partial charge on any atom is -0.399 e. The minimum atomic E-state index is -0.0218. The standard InChI is InChI=1S/C11H14N2O2/c12-9-2-1-3-10(6-9)13-11(14)8-4-5-15-7-8/h1-3,6,8H,4-5,7,12H2,(H,13,14). The van der Waals surface area contributed by atoms with E-state index in [-0.39, 0.29) is 11.8 Å². The summed E-state index contributed by atoms with van der Waals surface area (Å²) >= 11 is 0. The lowest BCUT2D eigenvalue weighted by molar-refractivity contribution is -0.119. The SMILES string of the molecule is Nc1cccc(NC(=O)C2CCOC2)c1. The van der Waals surface area contributed by atoms with E-state index in [4.69, 9.17) is 10.5 Å². The van der Waals surface area contributed by atoms with Crippen LogP contribution in [0.25, 0.3) is 0 Å². The van der Waals surface area contributed by atoms with Crippen LogP contribution in [-0.4, -0.2) is 19.1 Å². The predicted octanol–water partition coefficient (Wildman–Crippen LogP) is 1.24. The highest BCUT2D eigenvalue weighted by atomic mass is 16.5. The van der Waals surface area contributed by atoms with Crippen LogP contribution in [0.5, 0.6) is 0 Å². The lowest BCUT2D eigenvalue weighted by Crippen LogP contribution is -2.22. The number of anilines is 2. The van der Waals surface area contributed by atoms with Crippen LogP contribution in [0.1, 0.15) is 6.42 Å². The number of hydrogen-bond acceptors (Lipinski definition) is 3. The number of benzene rings is 1. The van der Waals surface area contributed by atoms with Crippen molar-refractivity contribution >= 4 is 17.3 Å². The molecule has 1 aromatic carbocycles. The van der Waals surface area contributed by atoms with Gasteiger partial charge in [-0.3, -0.25) is 4.79 Å². The number of amides is 1. The zero-order valence-electron chi connectivity index (χ0n) is 8.40. The Hall–Kier alpha value is -1.55. The molecule has 4 nitrogen and oxygen atoms in total. The zero-order chi connectivity index (χ0) is 10.7. The number of nitrogens with two attached hydrogens (primary N) is 1. The fraction of sp³-hybridized carbons (Fsp3) is 0.364. The van der Waals surface area contributed by atoms with E-state index in [1.807, 2.05) is 12.1 Å². The van der Waals surface area contributed by atoms with Gasteiger partial charge in [-0.1, -0.05) is 6.07 Å². The Balaban J connectivity index is 1.99. The van der Waals surface area contributed by atoms with Crippen molar-refractivity contribution in [3.63, 3.8) is 0 Å². The molecule has 0 saturated carbocycles. The largest absolute Gasteiger partial charge is 0.399 e. The van der Waals surface area contributed by atoms with E-state index in [0.717, 1.165) is 12.1 Å². The normalized spacial score (nSPS) is 20.1. The molecule has 1 aliphatic rings. The molecule has 1 heterocycles. The van der Waals surface area contributed by atoms with Crippen molar-refractivity contribution in [3.8, 4) is 0 Å². The highest BCUT2D eigenvalue weighted by Crippen LogP contribution is 2.17. The average Bonchev–Trinajstić information content (AvgIpc) is 2.70. The molecule has 1 aromatic rings. The maximum Gasteiger partial charge on any atom is 0.229 e. The van der Waals surface area contributed by atoms with Gasteiger partial charge in [-0.2, -0.15) is 0 Å². The second kappa shape index (κ2) is 4.31. The quantitative estimate of drug-likeness (QED) is 0.715. The van der Waals surface area contributed by atoms with Crippen LogP contribution in [0.4, 0.5) is 11.4 Å². The molecule has 1 atom stereocenters. The third-order valence-electron chi connectivity index (χ3n) is 2.45. The van der Waals surface area contributed by atoms with E-state index in [2.05, 4.69) is 5.32 Å². The number of carbonyl (C=O) groups is 1. The van der Waals surface area contributed by atoms with Crippen molar-refractivity contribution in [1.29, 1.82) is 0 Å². The van der Waals surface area contributed by atoms with E-state index >= 15 is 0 Å². The Morgan fingerprint density at radius 3 is 3.07 bits per heavy atom. The summed E-state index contributed by atoms with van der Waals surface area (Å²) in [6.07, 6.45) is 0.800. The third-order valence-corrected chi connectivity index (χ3v) is 2.45. The molecule has 1 fully saturated rings. The van der Waals surface area contributed by atoms with Gasteiger partial charge in [0.2, 0.25) is 5.91 Å². The van der Waals surface area contributed by atoms with Crippen LogP contribution in [0.3, 0.4) is 0 Å². The summed E-state index contributed by atoms with van der Waals surface area (Å²) in [4.78, 5) is 11.7. The van der Waals surface area contributed by atoms with Gasteiger partial charge in [0.05, 0.1) is 12.5 Å². The highest BCUT2D eigenvalue weighted by molar-refractivity contribution is 5.93. The molecule has 1 saturated heterocycles. The molecule has 0 radical (unpaired) electrons. The third kappa shape index (κ3) is 2.47. The molecule has 1 amide bonds. The first-order valence-electron chi connectivity index (χ1n) is 5.00. The number of nitrogen functional groups attached to an aromatic ring is 1. The van der Waals surface area contributed by atoms with E-state index < -0.39 is 0 Å². The molecule has 15 heavy (non-hydrogen) atoms. The lowest BCUT2D eigenvalue weighted by Gasteiger charge is -2.09. The Labute approximate surface area is 88.4 Å². The first-order valence-corrected chi connectivity index (χ1v) is 5.00. The van der Waals surface area contributed by atoms with Gasteiger partial charge in [0.25, 0.3) is 0 Å². The summed E-state index contributed by atoms with van der Waals surface area (Å²) in [6.45, 7) is 1.20. The number of rotatable bonds is 2. The van der Waals surface area contributed by atoms with E-state index in [1.54, 1.807) is 12.1 Å². The molecule has 0 aromatic heterocycles. The summed E-state index contributed by atoms with van der Waals surface area (Å²) in [5, 5.41) is 2.83. The van der Waals surface area contributed by atoms with Crippen molar-refractivity contribution < 1.29 is 9.53 Å². The zero-order valence-corrected chi connectivity index (χ0v) is 8.40.